The molecule has 1 atom stereocenters. The molecule has 1 aromatic rings. The lowest BCUT2D eigenvalue weighted by Crippen LogP contribution is -2.36. The average molecular weight is 266 g/mol. The average Bonchev–Trinajstić information content (AvgIpc) is 2.36. The molecule has 1 unspecified atom stereocenters. The molecule has 0 aliphatic rings. The molecule has 0 heterocycles. The summed E-state index contributed by atoms with van der Waals surface area (Å²) in [5.41, 5.74) is 6.46. The first-order valence-corrected chi connectivity index (χ1v) is 6.18. The van der Waals surface area contributed by atoms with Gasteiger partial charge in [0, 0.05) is 20.3 Å². The topological polar surface area (TPSA) is 64.3 Å². The van der Waals surface area contributed by atoms with Crippen molar-refractivity contribution in [1.29, 1.82) is 0 Å². The number of hydrogen-bond donors (Lipinski definition) is 2. The quantitative estimate of drug-likeness (QED) is 0.575. The van der Waals surface area contributed by atoms with Crippen molar-refractivity contribution in [3.63, 3.8) is 0 Å². The zero-order valence-corrected chi connectivity index (χ0v) is 11.2. The molecule has 1 rings (SSSR count). The molecule has 0 aliphatic heterocycles. The number of nitrogens with one attached hydrogen (secondary N) is 1. The molecule has 98 valence electrons. The van der Waals surface area contributed by atoms with E-state index in [0.717, 1.165) is 12.0 Å². The van der Waals surface area contributed by atoms with E-state index in [1.807, 2.05) is 30.3 Å². The number of amides is 1. The highest BCUT2D eigenvalue weighted by molar-refractivity contribution is 7.80. The Kier molecular flexibility index (Phi) is 6.32. The predicted molar refractivity (Wildman–Crippen MR) is 75.5 cm³/mol. The summed E-state index contributed by atoms with van der Waals surface area (Å²) in [6.07, 6.45) is 0.765. The number of carbonyl (C=O) groups is 1. The Morgan fingerprint density at radius 2 is 2.11 bits per heavy atom. The van der Waals surface area contributed by atoms with E-state index in [4.69, 9.17) is 22.7 Å². The summed E-state index contributed by atoms with van der Waals surface area (Å²) in [6.45, 7) is 1.17. The van der Waals surface area contributed by atoms with Crippen molar-refractivity contribution in [3.05, 3.63) is 35.9 Å². The second kappa shape index (κ2) is 7.79. The molecule has 5 heteroatoms. The highest BCUT2D eigenvalue weighted by Crippen LogP contribution is 2.16. The van der Waals surface area contributed by atoms with E-state index in [2.05, 4.69) is 5.32 Å². The molecular weight excluding hydrogens is 248 g/mol. The molecule has 1 amide bonds. The SMILES string of the molecule is COCCCNC(=O)C(C(N)=S)c1ccccc1. The van der Waals surface area contributed by atoms with E-state index in [0.29, 0.717) is 13.2 Å². The lowest BCUT2D eigenvalue weighted by molar-refractivity contribution is -0.121. The van der Waals surface area contributed by atoms with E-state index in [1.54, 1.807) is 7.11 Å². The Labute approximate surface area is 113 Å². The predicted octanol–water partition coefficient (Wildman–Crippen LogP) is 1.21. The van der Waals surface area contributed by atoms with Crippen molar-refractivity contribution >= 4 is 23.1 Å². The van der Waals surface area contributed by atoms with E-state index in [9.17, 15) is 4.79 Å². The van der Waals surface area contributed by atoms with E-state index in [1.165, 1.54) is 0 Å². The monoisotopic (exact) mass is 266 g/mol. The van der Waals surface area contributed by atoms with Gasteiger partial charge in [0.2, 0.25) is 5.91 Å². The third-order valence-electron chi connectivity index (χ3n) is 2.50. The second-order valence-corrected chi connectivity index (χ2v) is 4.35. The second-order valence-electron chi connectivity index (χ2n) is 3.88. The van der Waals surface area contributed by atoms with Crippen LogP contribution in [0, 0.1) is 0 Å². The van der Waals surface area contributed by atoms with Crippen molar-refractivity contribution in [2.24, 2.45) is 5.73 Å². The molecule has 0 bridgehead atoms. The number of nitrogens with two attached hydrogens (primary N) is 1. The van der Waals surface area contributed by atoms with Gasteiger partial charge in [0.05, 0.1) is 4.99 Å². The van der Waals surface area contributed by atoms with Crippen LogP contribution in [-0.4, -0.2) is 31.2 Å². The van der Waals surface area contributed by atoms with Crippen LogP contribution in [0.3, 0.4) is 0 Å². The molecule has 0 radical (unpaired) electrons. The third kappa shape index (κ3) is 4.43. The lowest BCUT2D eigenvalue weighted by atomic mass is 9.98. The Morgan fingerprint density at radius 3 is 2.67 bits per heavy atom. The summed E-state index contributed by atoms with van der Waals surface area (Å²) < 4.78 is 4.91. The van der Waals surface area contributed by atoms with Crippen molar-refractivity contribution in [2.45, 2.75) is 12.3 Å². The minimum atomic E-state index is -0.566. The van der Waals surface area contributed by atoms with Crippen molar-refractivity contribution < 1.29 is 9.53 Å². The number of thiocarbonyl (C=S) groups is 1. The molecule has 1 aromatic carbocycles. The van der Waals surface area contributed by atoms with Crippen LogP contribution in [0.4, 0.5) is 0 Å². The van der Waals surface area contributed by atoms with Gasteiger partial charge >= 0.3 is 0 Å². The summed E-state index contributed by atoms with van der Waals surface area (Å²) in [7, 11) is 1.63. The van der Waals surface area contributed by atoms with Crippen LogP contribution < -0.4 is 11.1 Å². The largest absolute Gasteiger partial charge is 0.392 e. The number of ether oxygens (including phenoxy) is 1. The first-order valence-electron chi connectivity index (χ1n) is 5.77. The van der Waals surface area contributed by atoms with Gasteiger partial charge in [-0.2, -0.15) is 0 Å². The summed E-state index contributed by atoms with van der Waals surface area (Å²) in [6, 6.07) is 9.30. The Morgan fingerprint density at radius 1 is 1.44 bits per heavy atom. The first kappa shape index (κ1) is 14.6. The molecule has 0 saturated heterocycles. The standard InChI is InChI=1S/C13H18N2O2S/c1-17-9-5-8-15-13(16)11(12(14)18)10-6-3-2-4-7-10/h2-4,6-7,11H,5,8-9H2,1H3,(H2,14,18)(H,15,16). The van der Waals surface area contributed by atoms with Gasteiger partial charge in [0.1, 0.15) is 5.92 Å². The van der Waals surface area contributed by atoms with E-state index in [-0.39, 0.29) is 10.9 Å². The maximum absolute atomic E-state index is 12.0. The molecular formula is C13H18N2O2S. The fraction of sp³-hybridized carbons (Fsp3) is 0.385. The molecule has 0 saturated carbocycles. The van der Waals surface area contributed by atoms with Crippen LogP contribution in [0.1, 0.15) is 17.9 Å². The van der Waals surface area contributed by atoms with Crippen LogP contribution >= 0.6 is 12.2 Å². The third-order valence-corrected chi connectivity index (χ3v) is 2.74. The first-order chi connectivity index (χ1) is 8.66. The summed E-state index contributed by atoms with van der Waals surface area (Å²) in [4.78, 5) is 12.2. The molecule has 18 heavy (non-hydrogen) atoms. The molecule has 3 N–H and O–H groups in total. The van der Waals surface area contributed by atoms with Gasteiger partial charge in [-0.15, -0.1) is 0 Å². The van der Waals surface area contributed by atoms with Gasteiger partial charge in [-0.05, 0) is 12.0 Å². The molecule has 0 aromatic heterocycles. The number of benzene rings is 1. The molecule has 4 nitrogen and oxygen atoms in total. The van der Waals surface area contributed by atoms with Gasteiger partial charge in [0.15, 0.2) is 0 Å². The zero-order valence-electron chi connectivity index (χ0n) is 10.4. The van der Waals surface area contributed by atoms with Crippen molar-refractivity contribution in [2.75, 3.05) is 20.3 Å². The fourth-order valence-corrected chi connectivity index (χ4v) is 1.86. The van der Waals surface area contributed by atoms with Gasteiger partial charge in [-0.3, -0.25) is 4.79 Å². The Hall–Kier alpha value is -1.46. The molecule has 0 spiro atoms. The van der Waals surface area contributed by atoms with Gasteiger partial charge < -0.3 is 15.8 Å². The van der Waals surface area contributed by atoms with Gasteiger partial charge in [-0.1, -0.05) is 42.5 Å². The Bertz CT molecular complexity index is 395. The van der Waals surface area contributed by atoms with Crippen molar-refractivity contribution in [1.82, 2.24) is 5.32 Å². The zero-order chi connectivity index (χ0) is 13.4. The summed E-state index contributed by atoms with van der Waals surface area (Å²) in [5.74, 6) is -0.728. The maximum Gasteiger partial charge on any atom is 0.234 e. The normalized spacial score (nSPS) is 11.8. The maximum atomic E-state index is 12.0. The summed E-state index contributed by atoms with van der Waals surface area (Å²) in [5, 5.41) is 2.81. The Balaban J connectivity index is 2.63. The highest BCUT2D eigenvalue weighted by Gasteiger charge is 2.22. The minimum Gasteiger partial charge on any atom is -0.392 e. The number of carbonyl (C=O) groups excluding carboxylic acids is 1. The lowest BCUT2D eigenvalue weighted by Gasteiger charge is -2.15. The number of methoxy groups -OCH3 is 1. The van der Waals surface area contributed by atoms with Gasteiger partial charge in [0.25, 0.3) is 0 Å². The van der Waals surface area contributed by atoms with Crippen molar-refractivity contribution in [3.8, 4) is 0 Å². The van der Waals surface area contributed by atoms with E-state index >= 15 is 0 Å². The van der Waals surface area contributed by atoms with Gasteiger partial charge in [-0.25, -0.2) is 0 Å². The van der Waals surface area contributed by atoms with Crippen LogP contribution in [0.15, 0.2) is 30.3 Å². The van der Waals surface area contributed by atoms with Crippen LogP contribution in [0.5, 0.6) is 0 Å². The summed E-state index contributed by atoms with van der Waals surface area (Å²) >= 11 is 4.97. The van der Waals surface area contributed by atoms with E-state index < -0.39 is 5.92 Å². The molecule has 0 aliphatic carbocycles. The highest BCUT2D eigenvalue weighted by atomic mass is 32.1. The van der Waals surface area contributed by atoms with Crippen LogP contribution in [-0.2, 0) is 9.53 Å². The minimum absolute atomic E-state index is 0.162. The number of rotatable bonds is 7. The molecule has 0 fully saturated rings. The smallest absolute Gasteiger partial charge is 0.234 e. The number of hydrogen-bond acceptors (Lipinski definition) is 3. The fourth-order valence-electron chi connectivity index (χ4n) is 1.62. The van der Waals surface area contributed by atoms with Crippen LogP contribution in [0.25, 0.3) is 0 Å². The van der Waals surface area contributed by atoms with Crippen LogP contribution in [0.2, 0.25) is 0 Å².